The predicted octanol–water partition coefficient (Wildman–Crippen LogP) is 6.58. The highest BCUT2D eigenvalue weighted by molar-refractivity contribution is 6.35. The summed E-state index contributed by atoms with van der Waals surface area (Å²) in [5, 5.41) is 16.2. The van der Waals surface area contributed by atoms with Crippen LogP contribution in [0.1, 0.15) is 51.2 Å². The fourth-order valence-corrected chi connectivity index (χ4v) is 3.97. The number of benzene rings is 3. The number of aliphatic hydroxyl groups is 1. The average molecular weight is 384 g/mol. The maximum Gasteiger partial charge on any atom is 0.0922 e. The Morgan fingerprint density at radius 2 is 1.52 bits per heavy atom. The molecule has 0 amide bonds. The van der Waals surface area contributed by atoms with Gasteiger partial charge in [0.15, 0.2) is 0 Å². The fraction of sp³-hybridized carbons (Fsp3) is 0.417. The highest BCUT2D eigenvalue weighted by Gasteiger charge is 2.16. The summed E-state index contributed by atoms with van der Waals surface area (Å²) in [6, 6.07) is 16.5. The summed E-state index contributed by atoms with van der Waals surface area (Å²) in [4.78, 5) is 2.41. The molecule has 0 saturated heterocycles. The number of rotatable bonds is 9. The highest BCUT2D eigenvalue weighted by atomic mass is 35.5. The lowest BCUT2D eigenvalue weighted by Gasteiger charge is -2.25. The lowest BCUT2D eigenvalue weighted by atomic mass is 9.96. The van der Waals surface area contributed by atoms with Crippen LogP contribution in [0.4, 0.5) is 0 Å². The van der Waals surface area contributed by atoms with Crippen molar-refractivity contribution in [1.82, 2.24) is 4.90 Å². The molecule has 0 aliphatic carbocycles. The monoisotopic (exact) mass is 383 g/mol. The van der Waals surface area contributed by atoms with Gasteiger partial charge in [-0.25, -0.2) is 0 Å². The molecule has 144 valence electrons. The van der Waals surface area contributed by atoms with Gasteiger partial charge >= 0.3 is 0 Å². The molecule has 3 rings (SSSR count). The molecular weight excluding hydrogens is 354 g/mol. The summed E-state index contributed by atoms with van der Waals surface area (Å²) in [5.41, 5.74) is 0.993. The standard InChI is InChI=1S/C24H30ClNO/c1-3-5-13-26(14-6-4-2)17-24(27)20-11-7-9-18-15-19-10-8-12-23(25)22(19)16-21(18)20/h7-12,15-16,24,27H,3-6,13-14,17H2,1-2H3. The van der Waals surface area contributed by atoms with E-state index in [1.807, 2.05) is 24.3 Å². The topological polar surface area (TPSA) is 23.5 Å². The molecule has 1 atom stereocenters. The Labute approximate surface area is 167 Å². The van der Waals surface area contributed by atoms with Gasteiger partial charge in [0.25, 0.3) is 0 Å². The van der Waals surface area contributed by atoms with E-state index < -0.39 is 6.10 Å². The first-order chi connectivity index (χ1) is 13.1. The molecule has 0 aliphatic rings. The van der Waals surface area contributed by atoms with Crippen molar-refractivity contribution in [3.63, 3.8) is 0 Å². The number of hydrogen-bond acceptors (Lipinski definition) is 2. The molecule has 3 aromatic rings. The van der Waals surface area contributed by atoms with Crippen LogP contribution >= 0.6 is 11.6 Å². The van der Waals surface area contributed by atoms with Crippen molar-refractivity contribution in [2.75, 3.05) is 19.6 Å². The van der Waals surface area contributed by atoms with Crippen LogP contribution in [0.25, 0.3) is 21.5 Å². The zero-order valence-electron chi connectivity index (χ0n) is 16.4. The van der Waals surface area contributed by atoms with Gasteiger partial charge in [-0.3, -0.25) is 0 Å². The first-order valence-corrected chi connectivity index (χ1v) is 10.5. The minimum absolute atomic E-state index is 0.498. The second kappa shape index (κ2) is 9.54. The van der Waals surface area contributed by atoms with E-state index in [1.54, 1.807) is 0 Å². The third-order valence-corrected chi connectivity index (χ3v) is 5.64. The van der Waals surface area contributed by atoms with Gasteiger partial charge < -0.3 is 10.0 Å². The van der Waals surface area contributed by atoms with Crippen molar-refractivity contribution in [3.05, 3.63) is 59.1 Å². The number of nitrogens with zero attached hydrogens (tertiary/aromatic N) is 1. The van der Waals surface area contributed by atoms with Crippen molar-refractivity contribution in [1.29, 1.82) is 0 Å². The Kier molecular flexibility index (Phi) is 7.12. The minimum atomic E-state index is -0.498. The van der Waals surface area contributed by atoms with Crippen LogP contribution in [-0.4, -0.2) is 29.6 Å². The number of unbranched alkanes of at least 4 members (excludes halogenated alkanes) is 2. The van der Waals surface area contributed by atoms with E-state index in [0.717, 1.165) is 45.2 Å². The first kappa shape index (κ1) is 20.1. The van der Waals surface area contributed by atoms with Crippen LogP contribution in [0.15, 0.2) is 48.5 Å². The fourth-order valence-electron chi connectivity index (χ4n) is 3.73. The second-order valence-corrected chi connectivity index (χ2v) is 7.81. The van der Waals surface area contributed by atoms with E-state index in [-0.39, 0.29) is 0 Å². The van der Waals surface area contributed by atoms with E-state index >= 15 is 0 Å². The molecular formula is C24H30ClNO. The van der Waals surface area contributed by atoms with Gasteiger partial charge in [-0.2, -0.15) is 0 Å². The summed E-state index contributed by atoms with van der Waals surface area (Å²) < 4.78 is 0. The Morgan fingerprint density at radius 3 is 2.19 bits per heavy atom. The normalized spacial score (nSPS) is 12.9. The Hall–Kier alpha value is -1.61. The zero-order chi connectivity index (χ0) is 19.2. The van der Waals surface area contributed by atoms with Gasteiger partial charge in [0, 0.05) is 17.0 Å². The Morgan fingerprint density at radius 1 is 0.889 bits per heavy atom. The Bertz CT molecular complexity index is 884. The molecule has 0 aromatic heterocycles. The molecule has 0 radical (unpaired) electrons. The predicted molar refractivity (Wildman–Crippen MR) is 118 cm³/mol. The molecule has 0 heterocycles. The van der Waals surface area contributed by atoms with E-state index in [9.17, 15) is 5.11 Å². The van der Waals surface area contributed by atoms with Gasteiger partial charge in [0.2, 0.25) is 0 Å². The maximum absolute atomic E-state index is 11.1. The number of hydrogen-bond donors (Lipinski definition) is 1. The summed E-state index contributed by atoms with van der Waals surface area (Å²) in [5.74, 6) is 0. The first-order valence-electron chi connectivity index (χ1n) is 10.1. The maximum atomic E-state index is 11.1. The molecule has 27 heavy (non-hydrogen) atoms. The smallest absolute Gasteiger partial charge is 0.0922 e. The number of aliphatic hydroxyl groups excluding tert-OH is 1. The molecule has 3 aromatic carbocycles. The van der Waals surface area contributed by atoms with Crippen molar-refractivity contribution in [2.45, 2.75) is 45.6 Å². The lowest BCUT2D eigenvalue weighted by Crippen LogP contribution is -2.30. The summed E-state index contributed by atoms with van der Waals surface area (Å²) in [6.07, 6.45) is 4.20. The summed E-state index contributed by atoms with van der Waals surface area (Å²) in [6.45, 7) is 7.21. The van der Waals surface area contributed by atoms with Crippen molar-refractivity contribution < 1.29 is 5.11 Å². The van der Waals surface area contributed by atoms with Crippen molar-refractivity contribution in [3.8, 4) is 0 Å². The SMILES string of the molecule is CCCCN(CCCC)CC(O)c1cccc2cc3cccc(Cl)c3cc12. The van der Waals surface area contributed by atoms with Crippen LogP contribution in [0, 0.1) is 0 Å². The van der Waals surface area contributed by atoms with Gasteiger partial charge in [0.05, 0.1) is 6.10 Å². The van der Waals surface area contributed by atoms with E-state index in [2.05, 4.69) is 43.0 Å². The zero-order valence-corrected chi connectivity index (χ0v) is 17.2. The van der Waals surface area contributed by atoms with Crippen LogP contribution in [0.2, 0.25) is 5.02 Å². The molecule has 1 unspecified atom stereocenters. The molecule has 1 N–H and O–H groups in total. The van der Waals surface area contributed by atoms with E-state index in [4.69, 9.17) is 11.6 Å². The molecule has 0 saturated carbocycles. The molecule has 0 spiro atoms. The molecule has 0 aliphatic heterocycles. The average Bonchev–Trinajstić information content (AvgIpc) is 2.68. The number of halogens is 1. The molecule has 0 fully saturated rings. The Balaban J connectivity index is 1.93. The van der Waals surface area contributed by atoms with Crippen molar-refractivity contribution in [2.24, 2.45) is 0 Å². The van der Waals surface area contributed by atoms with Crippen LogP contribution < -0.4 is 0 Å². The summed E-state index contributed by atoms with van der Waals surface area (Å²) in [7, 11) is 0. The van der Waals surface area contributed by atoms with Crippen molar-refractivity contribution >= 4 is 33.1 Å². The van der Waals surface area contributed by atoms with Gasteiger partial charge in [-0.15, -0.1) is 0 Å². The second-order valence-electron chi connectivity index (χ2n) is 7.41. The number of fused-ring (bicyclic) bond motifs is 2. The molecule has 0 bridgehead atoms. The van der Waals surface area contributed by atoms with Gasteiger partial charge in [-0.1, -0.05) is 68.6 Å². The third-order valence-electron chi connectivity index (χ3n) is 5.31. The van der Waals surface area contributed by atoms with Crippen LogP contribution in [0.5, 0.6) is 0 Å². The molecule has 3 heteroatoms. The highest BCUT2D eigenvalue weighted by Crippen LogP contribution is 2.32. The van der Waals surface area contributed by atoms with Gasteiger partial charge in [-0.05, 0) is 65.9 Å². The quantitative estimate of drug-likeness (QED) is 0.421. The van der Waals surface area contributed by atoms with E-state index in [0.29, 0.717) is 6.54 Å². The third kappa shape index (κ3) is 4.82. The van der Waals surface area contributed by atoms with Crippen LogP contribution in [0.3, 0.4) is 0 Å². The summed E-state index contributed by atoms with van der Waals surface area (Å²) >= 11 is 6.42. The van der Waals surface area contributed by atoms with E-state index in [1.165, 1.54) is 25.7 Å². The lowest BCUT2D eigenvalue weighted by molar-refractivity contribution is 0.112. The van der Waals surface area contributed by atoms with Crippen LogP contribution in [-0.2, 0) is 0 Å². The van der Waals surface area contributed by atoms with Gasteiger partial charge in [0.1, 0.15) is 0 Å². The largest absolute Gasteiger partial charge is 0.387 e. The molecule has 2 nitrogen and oxygen atoms in total. The minimum Gasteiger partial charge on any atom is -0.387 e.